The largest absolute Gasteiger partial charge is 0.300 e. The molecule has 0 aliphatic rings. The fourth-order valence-electron chi connectivity index (χ4n) is 1.93. The standard InChI is InChI=1S/C8H12N2.C8H18.C6H12O.2C2H6/c1-3-4-8-5-9-7(2)10-6-8;1-4-5-6-7-8(2)3;1-4-5(2)6(3)7;2*1-2/h5-6H,3-4H2,1-2H3;8H,4-7H2,1-3H3;5H,4H2,1-3H3;2*1-2H3. The molecule has 1 atom stereocenters. The monoisotopic (exact) mass is 410 g/mol. The van der Waals surface area contributed by atoms with Crippen molar-refractivity contribution in [1.29, 1.82) is 0 Å². The van der Waals surface area contributed by atoms with Gasteiger partial charge in [0.2, 0.25) is 0 Å². The van der Waals surface area contributed by atoms with Gasteiger partial charge in [-0.2, -0.15) is 0 Å². The molecule has 1 unspecified atom stereocenters. The molecule has 0 fully saturated rings. The minimum absolute atomic E-state index is 0.264. The fourth-order valence-corrected chi connectivity index (χ4v) is 1.93. The van der Waals surface area contributed by atoms with Crippen LogP contribution in [0.2, 0.25) is 0 Å². The highest BCUT2D eigenvalue weighted by Crippen LogP contribution is 2.06. The van der Waals surface area contributed by atoms with Crippen molar-refractivity contribution in [2.45, 2.75) is 128 Å². The normalized spacial score (nSPS) is 9.97. The third kappa shape index (κ3) is 31.7. The number of Topliss-reactive ketones (excluding diaryl/α,β-unsaturated/α-hetero) is 1. The van der Waals surface area contributed by atoms with Crippen molar-refractivity contribution in [2.24, 2.45) is 11.8 Å². The van der Waals surface area contributed by atoms with E-state index in [1.54, 1.807) is 6.92 Å². The molecule has 174 valence electrons. The predicted molar refractivity (Wildman–Crippen MR) is 133 cm³/mol. The number of ketones is 1. The van der Waals surface area contributed by atoms with Gasteiger partial charge in [-0.3, -0.25) is 4.79 Å². The van der Waals surface area contributed by atoms with Gasteiger partial charge in [0, 0.05) is 18.3 Å². The molecule has 1 aromatic heterocycles. The lowest BCUT2D eigenvalue weighted by Crippen LogP contribution is -2.03. The summed E-state index contributed by atoms with van der Waals surface area (Å²) in [7, 11) is 0. The Morgan fingerprint density at radius 2 is 1.38 bits per heavy atom. The van der Waals surface area contributed by atoms with E-state index >= 15 is 0 Å². The van der Waals surface area contributed by atoms with Crippen LogP contribution in [0.3, 0.4) is 0 Å². The lowest BCUT2D eigenvalue weighted by molar-refractivity contribution is -0.120. The first kappa shape index (κ1) is 35.2. The van der Waals surface area contributed by atoms with Gasteiger partial charge in [0.15, 0.2) is 0 Å². The molecule has 0 aromatic carbocycles. The molecule has 1 rings (SSSR count). The van der Waals surface area contributed by atoms with Crippen LogP contribution in [-0.2, 0) is 11.2 Å². The van der Waals surface area contributed by atoms with Gasteiger partial charge in [0.25, 0.3) is 0 Å². The van der Waals surface area contributed by atoms with Crippen molar-refractivity contribution in [3.63, 3.8) is 0 Å². The van der Waals surface area contributed by atoms with E-state index in [1.807, 2.05) is 60.9 Å². The number of rotatable bonds is 8. The summed E-state index contributed by atoms with van der Waals surface area (Å²) < 4.78 is 0. The van der Waals surface area contributed by atoms with Crippen LogP contribution in [0.4, 0.5) is 0 Å². The lowest BCUT2D eigenvalue weighted by Gasteiger charge is -2.00. The Labute approximate surface area is 184 Å². The summed E-state index contributed by atoms with van der Waals surface area (Å²) in [4.78, 5) is 18.5. The van der Waals surface area contributed by atoms with Crippen molar-refractivity contribution >= 4 is 5.78 Å². The number of carbonyl (C=O) groups is 1. The number of hydrogen-bond acceptors (Lipinski definition) is 3. The van der Waals surface area contributed by atoms with E-state index in [9.17, 15) is 4.79 Å². The van der Waals surface area contributed by atoms with Gasteiger partial charge in [-0.1, -0.05) is 101 Å². The molecule has 1 heterocycles. The van der Waals surface area contributed by atoms with E-state index in [0.29, 0.717) is 5.78 Å². The Morgan fingerprint density at radius 1 is 0.897 bits per heavy atom. The van der Waals surface area contributed by atoms with Crippen LogP contribution in [0, 0.1) is 18.8 Å². The molecule has 3 nitrogen and oxygen atoms in total. The summed E-state index contributed by atoms with van der Waals surface area (Å²) in [5.74, 6) is 2.31. The maximum Gasteiger partial charge on any atom is 0.132 e. The zero-order chi connectivity index (χ0) is 23.7. The molecule has 3 heteroatoms. The Balaban J connectivity index is -0.000000151. The summed E-state index contributed by atoms with van der Waals surface area (Å²) in [6.45, 7) is 24.5. The second-order valence-electron chi connectivity index (χ2n) is 7.20. The van der Waals surface area contributed by atoms with Gasteiger partial charge in [-0.05, 0) is 38.2 Å². The zero-order valence-electron chi connectivity index (χ0n) is 22.1. The highest BCUT2D eigenvalue weighted by Gasteiger charge is 2.01. The summed E-state index contributed by atoms with van der Waals surface area (Å²) in [5.41, 5.74) is 1.23. The second-order valence-corrected chi connectivity index (χ2v) is 7.20. The maximum atomic E-state index is 10.4. The van der Waals surface area contributed by atoms with Crippen LogP contribution in [0.25, 0.3) is 0 Å². The first-order chi connectivity index (χ1) is 13.8. The van der Waals surface area contributed by atoms with Gasteiger partial charge < -0.3 is 0 Å². The maximum absolute atomic E-state index is 10.4. The predicted octanol–water partition coefficient (Wildman–Crippen LogP) is 8.63. The molecule has 29 heavy (non-hydrogen) atoms. The Morgan fingerprint density at radius 3 is 1.66 bits per heavy atom. The summed E-state index contributed by atoms with van der Waals surface area (Å²) in [6.07, 6.45) is 12.6. The van der Waals surface area contributed by atoms with E-state index in [2.05, 4.69) is 37.7 Å². The van der Waals surface area contributed by atoms with Gasteiger partial charge in [-0.25, -0.2) is 9.97 Å². The van der Waals surface area contributed by atoms with Gasteiger partial charge in [0.1, 0.15) is 11.6 Å². The fraction of sp³-hybridized carbons (Fsp3) is 0.808. The van der Waals surface area contributed by atoms with Crippen molar-refractivity contribution in [1.82, 2.24) is 9.97 Å². The van der Waals surface area contributed by atoms with E-state index in [4.69, 9.17) is 0 Å². The number of aryl methyl sites for hydroxylation is 2. The number of carbonyl (C=O) groups excluding carboxylic acids is 1. The first-order valence-electron chi connectivity index (χ1n) is 12.1. The molecule has 0 spiro atoms. The van der Waals surface area contributed by atoms with E-state index in [0.717, 1.165) is 31.0 Å². The quantitative estimate of drug-likeness (QED) is 0.403. The van der Waals surface area contributed by atoms with Gasteiger partial charge >= 0.3 is 0 Å². The molecule has 0 aliphatic heterocycles. The van der Waals surface area contributed by atoms with Gasteiger partial charge in [-0.15, -0.1) is 0 Å². The molecular formula is C26H54N2O. The number of hydrogen-bond donors (Lipinski definition) is 0. The Bertz CT molecular complexity index is 413. The second kappa shape index (κ2) is 29.0. The van der Waals surface area contributed by atoms with Crippen LogP contribution in [0.1, 0.15) is 126 Å². The first-order valence-corrected chi connectivity index (χ1v) is 12.1. The molecule has 0 aliphatic carbocycles. The third-order valence-electron chi connectivity index (χ3n) is 4.06. The molecule has 1 aromatic rings. The van der Waals surface area contributed by atoms with Gasteiger partial charge in [0.05, 0.1) is 0 Å². The van der Waals surface area contributed by atoms with E-state index in [-0.39, 0.29) is 5.92 Å². The molecule has 0 saturated carbocycles. The van der Waals surface area contributed by atoms with E-state index < -0.39 is 0 Å². The number of aromatic nitrogens is 2. The average Bonchev–Trinajstić information content (AvgIpc) is 2.73. The molecule has 0 amide bonds. The topological polar surface area (TPSA) is 42.9 Å². The molecule has 0 N–H and O–H groups in total. The summed E-state index contributed by atoms with van der Waals surface area (Å²) >= 11 is 0. The molecule has 0 radical (unpaired) electrons. The smallest absolute Gasteiger partial charge is 0.132 e. The van der Waals surface area contributed by atoms with E-state index in [1.165, 1.54) is 31.2 Å². The van der Waals surface area contributed by atoms with Crippen LogP contribution in [0.5, 0.6) is 0 Å². The van der Waals surface area contributed by atoms with Crippen LogP contribution < -0.4 is 0 Å². The minimum atomic E-state index is 0.264. The van der Waals surface area contributed by atoms with Crippen molar-refractivity contribution in [3.05, 3.63) is 23.8 Å². The number of unbranched alkanes of at least 4 members (excludes halogenated alkanes) is 2. The average molecular weight is 411 g/mol. The summed E-state index contributed by atoms with van der Waals surface area (Å²) in [6, 6.07) is 0. The summed E-state index contributed by atoms with van der Waals surface area (Å²) in [5, 5.41) is 0. The lowest BCUT2D eigenvalue weighted by atomic mass is 10.1. The molecule has 0 bridgehead atoms. The highest BCUT2D eigenvalue weighted by atomic mass is 16.1. The molecular weight excluding hydrogens is 356 g/mol. The van der Waals surface area contributed by atoms with Crippen LogP contribution >= 0.6 is 0 Å². The van der Waals surface area contributed by atoms with Crippen molar-refractivity contribution < 1.29 is 4.79 Å². The minimum Gasteiger partial charge on any atom is -0.300 e. The van der Waals surface area contributed by atoms with Crippen molar-refractivity contribution in [3.8, 4) is 0 Å². The highest BCUT2D eigenvalue weighted by molar-refractivity contribution is 5.77. The van der Waals surface area contributed by atoms with Crippen LogP contribution in [0.15, 0.2) is 12.4 Å². The number of nitrogens with zero attached hydrogens (tertiary/aromatic N) is 2. The Kier molecular flexibility index (Phi) is 35.1. The molecule has 0 saturated heterocycles. The SMILES string of the molecule is CC.CC.CCC(C)C(C)=O.CCCCCC(C)C.CCCc1cnc(C)nc1. The third-order valence-corrected chi connectivity index (χ3v) is 4.06. The van der Waals surface area contributed by atoms with Crippen molar-refractivity contribution in [2.75, 3.05) is 0 Å². The zero-order valence-corrected chi connectivity index (χ0v) is 22.1. The Hall–Kier alpha value is -1.25. The van der Waals surface area contributed by atoms with Crippen LogP contribution in [-0.4, -0.2) is 15.8 Å².